The molecule has 0 saturated heterocycles. The Labute approximate surface area is 111 Å². The van der Waals surface area contributed by atoms with Crippen molar-refractivity contribution in [1.82, 2.24) is 4.72 Å². The van der Waals surface area contributed by atoms with Gasteiger partial charge >= 0.3 is 0 Å². The molecule has 1 rings (SSSR count). The number of benzene rings is 1. The Hall–Kier alpha value is -0.870. The fraction of sp³-hybridized carbons (Fsp3) is 0.571. The monoisotopic (exact) mass is 269 g/mol. The zero-order valence-electron chi connectivity index (χ0n) is 11.4. The van der Waals surface area contributed by atoms with Crippen molar-refractivity contribution < 1.29 is 8.42 Å². The molecule has 0 bridgehead atoms. The number of nitrogens with one attached hydrogen (secondary N) is 1. The highest BCUT2D eigenvalue weighted by Crippen LogP contribution is 2.15. The van der Waals surface area contributed by atoms with Crippen LogP contribution in [0, 0.1) is 0 Å². The smallest absolute Gasteiger partial charge is 0.211 e. The molecule has 3 nitrogen and oxygen atoms in total. The summed E-state index contributed by atoms with van der Waals surface area (Å²) in [5.74, 6) is 0.669. The molecule has 0 radical (unpaired) electrons. The van der Waals surface area contributed by atoms with E-state index in [-0.39, 0.29) is 5.75 Å². The van der Waals surface area contributed by atoms with Gasteiger partial charge in [-0.2, -0.15) is 0 Å². The van der Waals surface area contributed by atoms with Gasteiger partial charge in [0.2, 0.25) is 10.0 Å². The van der Waals surface area contributed by atoms with E-state index in [1.807, 2.05) is 19.1 Å². The molecule has 0 unspecified atom stereocenters. The Morgan fingerprint density at radius 1 is 1.17 bits per heavy atom. The molecule has 18 heavy (non-hydrogen) atoms. The van der Waals surface area contributed by atoms with Crippen LogP contribution in [0.3, 0.4) is 0 Å². The molecule has 0 fully saturated rings. The molecule has 1 N–H and O–H groups in total. The van der Waals surface area contributed by atoms with Gasteiger partial charge in [0.25, 0.3) is 0 Å². The summed E-state index contributed by atoms with van der Waals surface area (Å²) >= 11 is 0. The van der Waals surface area contributed by atoms with Crippen LogP contribution in [0.25, 0.3) is 0 Å². The van der Waals surface area contributed by atoms with E-state index < -0.39 is 10.0 Å². The van der Waals surface area contributed by atoms with Crippen LogP contribution >= 0.6 is 0 Å². The first-order chi connectivity index (χ1) is 8.44. The molecule has 0 aliphatic carbocycles. The third-order valence-electron chi connectivity index (χ3n) is 2.88. The van der Waals surface area contributed by atoms with E-state index in [1.54, 1.807) is 0 Å². The third-order valence-corrected chi connectivity index (χ3v) is 4.26. The number of sulfonamides is 1. The van der Waals surface area contributed by atoms with Gasteiger partial charge in [-0.05, 0) is 29.9 Å². The molecule has 0 atom stereocenters. The minimum absolute atomic E-state index is 0.161. The van der Waals surface area contributed by atoms with Crippen molar-refractivity contribution in [2.75, 3.05) is 12.3 Å². The molecule has 0 aromatic heterocycles. The van der Waals surface area contributed by atoms with Gasteiger partial charge in [0.05, 0.1) is 5.75 Å². The SMILES string of the molecule is CCCNS(=O)(=O)CCc1ccc(C(C)C)cc1. The molecule has 0 aliphatic heterocycles. The number of rotatable bonds is 7. The zero-order valence-corrected chi connectivity index (χ0v) is 12.3. The van der Waals surface area contributed by atoms with E-state index in [9.17, 15) is 8.42 Å². The fourth-order valence-electron chi connectivity index (χ4n) is 1.65. The van der Waals surface area contributed by atoms with Crippen molar-refractivity contribution in [2.24, 2.45) is 0 Å². The second kappa shape index (κ2) is 6.90. The summed E-state index contributed by atoms with van der Waals surface area (Å²) in [6.07, 6.45) is 1.39. The summed E-state index contributed by atoms with van der Waals surface area (Å²) in [5, 5.41) is 0. The maximum atomic E-state index is 11.6. The molecule has 1 aromatic rings. The minimum atomic E-state index is -3.12. The second-order valence-electron chi connectivity index (χ2n) is 4.86. The molecule has 0 saturated carbocycles. The van der Waals surface area contributed by atoms with Crippen LogP contribution in [0.2, 0.25) is 0 Å². The topological polar surface area (TPSA) is 46.2 Å². The van der Waals surface area contributed by atoms with Crippen molar-refractivity contribution >= 4 is 10.0 Å². The van der Waals surface area contributed by atoms with Gasteiger partial charge in [-0.25, -0.2) is 13.1 Å². The Balaban J connectivity index is 2.53. The van der Waals surface area contributed by atoms with Crippen molar-refractivity contribution in [3.05, 3.63) is 35.4 Å². The first-order valence-corrected chi connectivity index (χ1v) is 8.16. The average Bonchev–Trinajstić information content (AvgIpc) is 2.35. The molecular weight excluding hydrogens is 246 g/mol. The first kappa shape index (κ1) is 15.2. The van der Waals surface area contributed by atoms with Gasteiger partial charge in [-0.1, -0.05) is 45.0 Å². The molecule has 102 valence electrons. The highest BCUT2D eigenvalue weighted by Gasteiger charge is 2.09. The number of hydrogen-bond donors (Lipinski definition) is 1. The highest BCUT2D eigenvalue weighted by atomic mass is 32.2. The molecular formula is C14H23NO2S. The van der Waals surface area contributed by atoms with Gasteiger partial charge in [0, 0.05) is 6.54 Å². The molecule has 0 aliphatic rings. The summed E-state index contributed by atoms with van der Waals surface area (Å²) in [5.41, 5.74) is 2.35. The Bertz CT molecular complexity index is 449. The van der Waals surface area contributed by atoms with Crippen LogP contribution in [0.5, 0.6) is 0 Å². The van der Waals surface area contributed by atoms with Gasteiger partial charge < -0.3 is 0 Å². The summed E-state index contributed by atoms with van der Waals surface area (Å²) < 4.78 is 25.8. The standard InChI is InChI=1S/C14H23NO2S/c1-4-10-15-18(16,17)11-9-13-5-7-14(8-6-13)12(2)3/h5-8,12,15H,4,9-11H2,1-3H3. The van der Waals surface area contributed by atoms with Gasteiger partial charge in [-0.15, -0.1) is 0 Å². The van der Waals surface area contributed by atoms with Gasteiger partial charge in [-0.3, -0.25) is 0 Å². The van der Waals surface area contributed by atoms with Crippen molar-refractivity contribution in [2.45, 2.75) is 39.5 Å². The van der Waals surface area contributed by atoms with Crippen LogP contribution in [0.1, 0.15) is 44.2 Å². The number of hydrogen-bond acceptors (Lipinski definition) is 2. The highest BCUT2D eigenvalue weighted by molar-refractivity contribution is 7.89. The van der Waals surface area contributed by atoms with Crippen LogP contribution < -0.4 is 4.72 Å². The molecule has 4 heteroatoms. The second-order valence-corrected chi connectivity index (χ2v) is 6.79. The van der Waals surface area contributed by atoms with Gasteiger partial charge in [0.15, 0.2) is 0 Å². The van der Waals surface area contributed by atoms with E-state index >= 15 is 0 Å². The normalized spacial score (nSPS) is 12.0. The molecule has 0 heterocycles. The van der Waals surface area contributed by atoms with E-state index in [0.29, 0.717) is 18.9 Å². The van der Waals surface area contributed by atoms with Crippen molar-refractivity contribution in [3.8, 4) is 0 Å². The van der Waals surface area contributed by atoms with E-state index in [4.69, 9.17) is 0 Å². The van der Waals surface area contributed by atoms with Crippen LogP contribution in [-0.2, 0) is 16.4 Å². The maximum Gasteiger partial charge on any atom is 0.211 e. The van der Waals surface area contributed by atoms with Crippen molar-refractivity contribution in [1.29, 1.82) is 0 Å². The van der Waals surface area contributed by atoms with Crippen LogP contribution in [-0.4, -0.2) is 20.7 Å². The number of aryl methyl sites for hydroxylation is 1. The van der Waals surface area contributed by atoms with Crippen LogP contribution in [0.4, 0.5) is 0 Å². The van der Waals surface area contributed by atoms with E-state index in [2.05, 4.69) is 30.7 Å². The fourth-order valence-corrected chi connectivity index (χ4v) is 2.82. The summed E-state index contributed by atoms with van der Waals surface area (Å²) in [4.78, 5) is 0. The molecule has 0 amide bonds. The zero-order chi connectivity index (χ0) is 13.6. The Kier molecular flexibility index (Phi) is 5.82. The quantitative estimate of drug-likeness (QED) is 0.827. The average molecular weight is 269 g/mol. The predicted molar refractivity (Wildman–Crippen MR) is 76.3 cm³/mol. The Morgan fingerprint density at radius 3 is 2.28 bits per heavy atom. The lowest BCUT2D eigenvalue weighted by molar-refractivity contribution is 0.580. The summed E-state index contributed by atoms with van der Waals surface area (Å²) in [7, 11) is -3.12. The van der Waals surface area contributed by atoms with Crippen LogP contribution in [0.15, 0.2) is 24.3 Å². The Morgan fingerprint density at radius 2 is 1.78 bits per heavy atom. The van der Waals surface area contributed by atoms with Gasteiger partial charge in [0.1, 0.15) is 0 Å². The maximum absolute atomic E-state index is 11.6. The van der Waals surface area contributed by atoms with E-state index in [1.165, 1.54) is 5.56 Å². The van der Waals surface area contributed by atoms with Crippen molar-refractivity contribution in [3.63, 3.8) is 0 Å². The summed E-state index contributed by atoms with van der Waals surface area (Å²) in [6, 6.07) is 8.19. The third kappa shape index (κ3) is 5.19. The lowest BCUT2D eigenvalue weighted by atomic mass is 10.0. The lowest BCUT2D eigenvalue weighted by Gasteiger charge is -2.08. The first-order valence-electron chi connectivity index (χ1n) is 6.51. The van der Waals surface area contributed by atoms with E-state index in [0.717, 1.165) is 12.0 Å². The largest absolute Gasteiger partial charge is 0.215 e. The predicted octanol–water partition coefficient (Wildman–Crippen LogP) is 2.68. The minimum Gasteiger partial charge on any atom is -0.215 e. The molecule has 1 aromatic carbocycles. The molecule has 0 spiro atoms. The lowest BCUT2D eigenvalue weighted by Crippen LogP contribution is -2.27. The summed E-state index contributed by atoms with van der Waals surface area (Å²) in [6.45, 7) is 6.77.